The zero-order valence-corrected chi connectivity index (χ0v) is 23.7. The zero-order valence-electron chi connectivity index (χ0n) is 23.7. The van der Waals surface area contributed by atoms with Gasteiger partial charge in [0, 0.05) is 25.7 Å². The molecule has 0 spiro atoms. The molecule has 212 valence electrons. The lowest BCUT2D eigenvalue weighted by atomic mass is 10.1. The monoisotopic (exact) mass is 516 g/mol. The number of unbranched alkanes of at least 4 members (excludes halogenated alkanes) is 10. The average Bonchev–Trinajstić information content (AvgIpc) is 2.69. The molecule has 0 rings (SSSR count). The number of carboxylic acid groups (broad SMARTS) is 2. The van der Waals surface area contributed by atoms with E-state index in [1.54, 1.807) is 0 Å². The van der Waals surface area contributed by atoms with E-state index in [0.29, 0.717) is 12.8 Å². The number of hydrogen-bond donors (Lipinski definition) is 2. The number of esters is 2. The molecule has 0 amide bonds. The molecule has 0 bridgehead atoms. The van der Waals surface area contributed by atoms with Gasteiger partial charge in [-0.05, 0) is 67.2 Å². The van der Waals surface area contributed by atoms with Gasteiger partial charge in [-0.15, -0.1) is 0 Å². The van der Waals surface area contributed by atoms with Gasteiger partial charge in [-0.2, -0.15) is 0 Å². The fourth-order valence-electron chi connectivity index (χ4n) is 3.29. The molecule has 0 saturated carbocycles. The van der Waals surface area contributed by atoms with Crippen molar-refractivity contribution < 1.29 is 38.9 Å². The van der Waals surface area contributed by atoms with Crippen molar-refractivity contribution in [2.24, 2.45) is 0 Å². The van der Waals surface area contributed by atoms with E-state index < -0.39 is 23.1 Å². The van der Waals surface area contributed by atoms with Crippen molar-refractivity contribution in [3.63, 3.8) is 0 Å². The summed E-state index contributed by atoms with van der Waals surface area (Å²) >= 11 is 0. The van der Waals surface area contributed by atoms with Crippen LogP contribution in [0.1, 0.15) is 144 Å². The molecule has 0 aliphatic carbocycles. The number of ether oxygens (including phenoxy) is 2. The standard InChI is InChI=1S/2C14H26O4/c2*1-14(2,3)18-13(17)11-9-7-5-4-6-8-10-12(15)16/h2*4-11H2,1-3H3,(H,15,16). The minimum absolute atomic E-state index is 0.131. The van der Waals surface area contributed by atoms with Crippen molar-refractivity contribution >= 4 is 23.9 Å². The lowest BCUT2D eigenvalue weighted by Gasteiger charge is -2.19. The van der Waals surface area contributed by atoms with E-state index in [2.05, 4.69) is 0 Å². The third-order valence-electron chi connectivity index (χ3n) is 4.88. The Kier molecular flexibility index (Phi) is 21.0. The van der Waals surface area contributed by atoms with E-state index in [0.717, 1.165) is 77.0 Å². The van der Waals surface area contributed by atoms with Gasteiger partial charge in [-0.25, -0.2) is 0 Å². The quantitative estimate of drug-likeness (QED) is 0.146. The van der Waals surface area contributed by atoms with E-state index in [1.165, 1.54) is 0 Å². The first-order chi connectivity index (χ1) is 16.6. The molecule has 36 heavy (non-hydrogen) atoms. The van der Waals surface area contributed by atoms with Crippen LogP contribution in [-0.2, 0) is 28.7 Å². The molecule has 0 saturated heterocycles. The highest BCUT2D eigenvalue weighted by Crippen LogP contribution is 2.13. The van der Waals surface area contributed by atoms with Crippen LogP contribution in [0.5, 0.6) is 0 Å². The largest absolute Gasteiger partial charge is 0.481 e. The highest BCUT2D eigenvalue weighted by atomic mass is 16.6. The molecular weight excluding hydrogens is 464 g/mol. The summed E-state index contributed by atoms with van der Waals surface area (Å²) in [6, 6.07) is 0. The SMILES string of the molecule is CC(C)(C)OC(=O)CCCCCCCCC(=O)O.CC(C)(C)OC(=O)CCCCCCCCC(=O)O. The Hall–Kier alpha value is -2.12. The molecule has 0 aromatic rings. The van der Waals surface area contributed by atoms with Crippen LogP contribution in [0.4, 0.5) is 0 Å². The van der Waals surface area contributed by atoms with Gasteiger partial charge in [-0.1, -0.05) is 51.4 Å². The van der Waals surface area contributed by atoms with Gasteiger partial charge in [-0.3, -0.25) is 19.2 Å². The lowest BCUT2D eigenvalue weighted by molar-refractivity contribution is -0.156. The van der Waals surface area contributed by atoms with Gasteiger partial charge in [0.25, 0.3) is 0 Å². The first-order valence-corrected chi connectivity index (χ1v) is 13.5. The molecular formula is C28H52O8. The highest BCUT2D eigenvalue weighted by Gasteiger charge is 2.16. The summed E-state index contributed by atoms with van der Waals surface area (Å²) in [5.41, 5.74) is -0.790. The zero-order chi connectivity index (χ0) is 28.0. The van der Waals surface area contributed by atoms with Crippen LogP contribution in [0.15, 0.2) is 0 Å². The first kappa shape index (κ1) is 36.0. The molecule has 0 atom stereocenters. The Morgan fingerprint density at radius 2 is 0.667 bits per heavy atom. The van der Waals surface area contributed by atoms with Crippen LogP contribution >= 0.6 is 0 Å². The van der Waals surface area contributed by atoms with E-state index in [1.807, 2.05) is 41.5 Å². The number of carboxylic acids is 2. The Morgan fingerprint density at radius 1 is 0.444 bits per heavy atom. The predicted octanol–water partition coefficient (Wildman–Crippen LogP) is 7.07. The number of carbonyl (C=O) groups is 4. The maximum absolute atomic E-state index is 11.4. The maximum Gasteiger partial charge on any atom is 0.306 e. The third-order valence-corrected chi connectivity index (χ3v) is 4.88. The Morgan fingerprint density at radius 3 is 0.889 bits per heavy atom. The van der Waals surface area contributed by atoms with E-state index in [-0.39, 0.29) is 24.8 Å². The average molecular weight is 517 g/mol. The van der Waals surface area contributed by atoms with Crippen molar-refractivity contribution in [2.45, 2.75) is 155 Å². The smallest absolute Gasteiger partial charge is 0.306 e. The number of carbonyl (C=O) groups excluding carboxylic acids is 2. The van der Waals surface area contributed by atoms with Crippen LogP contribution in [0.2, 0.25) is 0 Å². The van der Waals surface area contributed by atoms with Crippen molar-refractivity contribution in [3.8, 4) is 0 Å². The Balaban J connectivity index is 0. The Bertz CT molecular complexity index is 560. The molecule has 2 N–H and O–H groups in total. The van der Waals surface area contributed by atoms with Crippen LogP contribution < -0.4 is 0 Å². The summed E-state index contributed by atoms with van der Waals surface area (Å²) in [6.45, 7) is 11.2. The molecule has 8 heteroatoms. The van der Waals surface area contributed by atoms with Crippen molar-refractivity contribution in [2.75, 3.05) is 0 Å². The molecule has 0 radical (unpaired) electrons. The second-order valence-corrected chi connectivity index (χ2v) is 11.2. The van der Waals surface area contributed by atoms with Crippen molar-refractivity contribution in [3.05, 3.63) is 0 Å². The van der Waals surface area contributed by atoms with Crippen LogP contribution in [0.3, 0.4) is 0 Å². The molecule has 0 unspecified atom stereocenters. The van der Waals surface area contributed by atoms with Gasteiger partial charge >= 0.3 is 23.9 Å². The van der Waals surface area contributed by atoms with Crippen LogP contribution in [-0.4, -0.2) is 45.3 Å². The molecule has 0 aromatic carbocycles. The molecule has 8 nitrogen and oxygen atoms in total. The number of rotatable bonds is 18. The fourth-order valence-corrected chi connectivity index (χ4v) is 3.29. The van der Waals surface area contributed by atoms with E-state index >= 15 is 0 Å². The van der Waals surface area contributed by atoms with Gasteiger partial charge in [0.1, 0.15) is 11.2 Å². The molecule has 0 fully saturated rings. The molecule has 0 aromatic heterocycles. The molecule has 0 aliphatic rings. The summed E-state index contributed by atoms with van der Waals surface area (Å²) in [4.78, 5) is 43.3. The minimum Gasteiger partial charge on any atom is -0.481 e. The Labute approximate surface area is 218 Å². The minimum atomic E-state index is -0.722. The highest BCUT2D eigenvalue weighted by molar-refractivity contribution is 5.70. The summed E-state index contributed by atoms with van der Waals surface area (Å²) in [7, 11) is 0. The van der Waals surface area contributed by atoms with E-state index in [4.69, 9.17) is 19.7 Å². The summed E-state index contributed by atoms with van der Waals surface area (Å²) in [6.07, 6.45) is 12.8. The van der Waals surface area contributed by atoms with Gasteiger partial charge in [0.15, 0.2) is 0 Å². The number of hydrogen-bond acceptors (Lipinski definition) is 6. The normalized spacial score (nSPS) is 11.3. The maximum atomic E-state index is 11.4. The summed E-state index contributed by atoms with van der Waals surface area (Å²) in [5, 5.41) is 16.9. The van der Waals surface area contributed by atoms with Gasteiger partial charge < -0.3 is 19.7 Å². The topological polar surface area (TPSA) is 127 Å². The van der Waals surface area contributed by atoms with Crippen LogP contribution in [0.25, 0.3) is 0 Å². The van der Waals surface area contributed by atoms with Crippen molar-refractivity contribution in [1.29, 1.82) is 0 Å². The van der Waals surface area contributed by atoms with Crippen LogP contribution in [0, 0.1) is 0 Å². The van der Waals surface area contributed by atoms with Crippen molar-refractivity contribution in [1.82, 2.24) is 0 Å². The summed E-state index contributed by atoms with van der Waals surface area (Å²) in [5.74, 6) is -1.71. The molecule has 0 heterocycles. The fraction of sp³-hybridized carbons (Fsp3) is 0.857. The molecule has 0 aliphatic heterocycles. The second-order valence-electron chi connectivity index (χ2n) is 11.2. The summed E-state index contributed by atoms with van der Waals surface area (Å²) < 4.78 is 10.4. The third kappa shape index (κ3) is 34.0. The van der Waals surface area contributed by atoms with Gasteiger partial charge in [0.05, 0.1) is 0 Å². The number of aliphatic carboxylic acids is 2. The van der Waals surface area contributed by atoms with Gasteiger partial charge in [0.2, 0.25) is 0 Å². The second kappa shape index (κ2) is 21.0. The predicted molar refractivity (Wildman–Crippen MR) is 141 cm³/mol. The van der Waals surface area contributed by atoms with E-state index in [9.17, 15) is 19.2 Å². The lowest BCUT2D eigenvalue weighted by Crippen LogP contribution is -2.23. The first-order valence-electron chi connectivity index (χ1n) is 13.5.